The Labute approximate surface area is 237 Å². The fourth-order valence-corrected chi connectivity index (χ4v) is 6.52. The van der Waals surface area contributed by atoms with Crippen LogP contribution in [0.15, 0.2) is 76.7 Å². The van der Waals surface area contributed by atoms with Crippen LogP contribution in [0.2, 0.25) is 0 Å². The molecule has 1 aliphatic heterocycles. The number of ether oxygens (including phenoxy) is 1. The van der Waals surface area contributed by atoms with E-state index in [4.69, 9.17) is 4.74 Å². The van der Waals surface area contributed by atoms with Gasteiger partial charge in [-0.3, -0.25) is 9.59 Å². The van der Waals surface area contributed by atoms with Crippen LogP contribution in [-0.4, -0.2) is 48.8 Å². The lowest BCUT2D eigenvalue weighted by molar-refractivity contribution is 0.0947. The summed E-state index contributed by atoms with van der Waals surface area (Å²) in [6.07, 6.45) is 3.08. The molecule has 1 amide bonds. The summed E-state index contributed by atoms with van der Waals surface area (Å²) in [4.78, 5) is 35.7. The van der Waals surface area contributed by atoms with Crippen molar-refractivity contribution in [2.45, 2.75) is 36.1 Å². The van der Waals surface area contributed by atoms with Crippen LogP contribution in [0, 0.1) is 6.92 Å². The number of aromatic nitrogens is 1. The van der Waals surface area contributed by atoms with Crippen LogP contribution in [0.4, 0.5) is 0 Å². The molecule has 0 saturated carbocycles. The summed E-state index contributed by atoms with van der Waals surface area (Å²) in [5.41, 5.74) is 4.14. The second-order valence-corrected chi connectivity index (χ2v) is 12.0. The maximum atomic E-state index is 13.1. The van der Waals surface area contributed by atoms with Crippen LogP contribution < -0.4 is 10.1 Å². The van der Waals surface area contributed by atoms with E-state index < -0.39 is 0 Å². The van der Waals surface area contributed by atoms with E-state index in [1.165, 1.54) is 0 Å². The number of hydrogen-bond acceptors (Lipinski definition) is 7. The van der Waals surface area contributed by atoms with Gasteiger partial charge in [0.15, 0.2) is 5.78 Å². The van der Waals surface area contributed by atoms with Gasteiger partial charge in [0.2, 0.25) is 0 Å². The SMILES string of the molecule is Cc1c(C(=O)NCc2cnc(-c3ccc(OCCCN(C)C)cc3)s2)ccc2c1CC(=O)c1ccccc1S2. The van der Waals surface area contributed by atoms with Gasteiger partial charge in [-0.05, 0) is 81.0 Å². The van der Waals surface area contributed by atoms with E-state index in [2.05, 4.69) is 29.3 Å². The first-order valence-corrected chi connectivity index (χ1v) is 14.6. The van der Waals surface area contributed by atoms with Gasteiger partial charge >= 0.3 is 0 Å². The maximum Gasteiger partial charge on any atom is 0.251 e. The minimum Gasteiger partial charge on any atom is -0.494 e. The average Bonchev–Trinajstić information content (AvgIpc) is 3.35. The van der Waals surface area contributed by atoms with Gasteiger partial charge in [-0.1, -0.05) is 30.0 Å². The van der Waals surface area contributed by atoms with E-state index in [-0.39, 0.29) is 11.7 Å². The van der Waals surface area contributed by atoms with Crippen LogP contribution in [0.1, 0.15) is 43.1 Å². The molecule has 1 N–H and O–H groups in total. The summed E-state index contributed by atoms with van der Waals surface area (Å²) in [6.45, 7) is 4.00. The van der Waals surface area contributed by atoms with Crippen LogP contribution in [0.25, 0.3) is 10.6 Å². The standard InChI is InChI=1S/C31H31N3O3S2/c1-20-24(13-14-29-26(20)17-27(35)25-7-4-5-8-28(25)39-29)30(36)32-18-23-19-33-31(38-23)21-9-11-22(12-10-21)37-16-6-15-34(2)3/h4-5,7-14,19H,6,15-18H2,1-3H3,(H,32,36). The number of amides is 1. The van der Waals surface area contributed by atoms with Gasteiger partial charge in [-0.2, -0.15) is 0 Å². The topological polar surface area (TPSA) is 71.5 Å². The third kappa shape index (κ3) is 6.41. The first-order chi connectivity index (χ1) is 18.9. The number of carbonyl (C=O) groups is 2. The van der Waals surface area contributed by atoms with Crippen molar-refractivity contribution >= 4 is 34.8 Å². The highest BCUT2D eigenvalue weighted by molar-refractivity contribution is 7.99. The minimum absolute atomic E-state index is 0.0821. The van der Waals surface area contributed by atoms with Crippen molar-refractivity contribution < 1.29 is 14.3 Å². The number of fused-ring (bicyclic) bond motifs is 2. The Kier molecular flexibility index (Phi) is 8.45. The van der Waals surface area contributed by atoms with Crippen molar-refractivity contribution in [1.82, 2.24) is 15.2 Å². The number of nitrogens with zero attached hydrogens (tertiary/aromatic N) is 2. The molecule has 5 rings (SSSR count). The number of nitrogens with one attached hydrogen (secondary N) is 1. The van der Waals surface area contributed by atoms with Crippen molar-refractivity contribution in [2.75, 3.05) is 27.2 Å². The predicted molar refractivity (Wildman–Crippen MR) is 157 cm³/mol. The number of ketones is 1. The number of thiazole rings is 1. The summed E-state index contributed by atoms with van der Waals surface area (Å²) in [7, 11) is 4.11. The Morgan fingerprint density at radius 1 is 1.05 bits per heavy atom. The molecule has 4 aromatic rings. The second kappa shape index (κ2) is 12.2. The molecule has 0 bridgehead atoms. The van der Waals surface area contributed by atoms with Crippen LogP contribution >= 0.6 is 23.1 Å². The fraction of sp³-hybridized carbons (Fsp3) is 0.258. The lowest BCUT2D eigenvalue weighted by Crippen LogP contribution is -2.23. The molecule has 6 nitrogen and oxygen atoms in total. The van der Waals surface area contributed by atoms with Gasteiger partial charge in [0.05, 0.1) is 13.2 Å². The van der Waals surface area contributed by atoms with Gasteiger partial charge in [-0.25, -0.2) is 4.98 Å². The van der Waals surface area contributed by atoms with E-state index in [9.17, 15) is 9.59 Å². The smallest absolute Gasteiger partial charge is 0.251 e. The predicted octanol–water partition coefficient (Wildman–Crippen LogP) is 6.27. The van der Waals surface area contributed by atoms with Crippen molar-refractivity contribution in [3.63, 3.8) is 0 Å². The van der Waals surface area contributed by atoms with Crippen molar-refractivity contribution in [1.29, 1.82) is 0 Å². The molecular weight excluding hydrogens is 526 g/mol. The zero-order chi connectivity index (χ0) is 27.4. The molecule has 0 spiro atoms. The quantitative estimate of drug-likeness (QED) is 0.245. The highest BCUT2D eigenvalue weighted by Crippen LogP contribution is 2.39. The van der Waals surface area contributed by atoms with E-state index in [1.807, 2.05) is 73.8 Å². The summed E-state index contributed by atoms with van der Waals surface area (Å²) in [5, 5.41) is 3.93. The Morgan fingerprint density at radius 3 is 2.64 bits per heavy atom. The van der Waals surface area contributed by atoms with E-state index in [0.717, 1.165) is 60.6 Å². The molecule has 3 aromatic carbocycles. The molecule has 200 valence electrons. The van der Waals surface area contributed by atoms with Gasteiger partial charge in [0, 0.05) is 50.5 Å². The lowest BCUT2D eigenvalue weighted by Gasteiger charge is -2.13. The number of carbonyl (C=O) groups excluding carboxylic acids is 2. The third-order valence-electron chi connectivity index (χ3n) is 6.64. The zero-order valence-electron chi connectivity index (χ0n) is 22.3. The Morgan fingerprint density at radius 2 is 1.85 bits per heavy atom. The molecule has 0 fully saturated rings. The first kappa shape index (κ1) is 27.1. The van der Waals surface area contributed by atoms with Crippen molar-refractivity contribution in [3.8, 4) is 16.3 Å². The van der Waals surface area contributed by atoms with Gasteiger partial charge < -0.3 is 15.0 Å². The van der Waals surface area contributed by atoms with E-state index >= 15 is 0 Å². The van der Waals surface area contributed by atoms with Crippen molar-refractivity contribution in [3.05, 3.63) is 94.0 Å². The summed E-state index contributed by atoms with van der Waals surface area (Å²) < 4.78 is 5.82. The van der Waals surface area contributed by atoms with Gasteiger partial charge in [0.1, 0.15) is 10.8 Å². The summed E-state index contributed by atoms with van der Waals surface area (Å²) in [6, 6.07) is 19.5. The number of hydrogen-bond donors (Lipinski definition) is 1. The third-order valence-corrected chi connectivity index (χ3v) is 8.87. The second-order valence-electron chi connectivity index (χ2n) is 9.76. The molecule has 0 radical (unpaired) electrons. The Balaban J connectivity index is 1.21. The van der Waals surface area contributed by atoms with Gasteiger partial charge in [-0.15, -0.1) is 11.3 Å². The number of rotatable bonds is 9. The molecule has 2 heterocycles. The lowest BCUT2D eigenvalue weighted by atomic mass is 9.96. The van der Waals surface area contributed by atoms with Crippen LogP contribution in [0.5, 0.6) is 5.75 Å². The van der Waals surface area contributed by atoms with Gasteiger partial charge in [0.25, 0.3) is 5.91 Å². The Hall–Kier alpha value is -3.46. The largest absolute Gasteiger partial charge is 0.494 e. The normalized spacial score (nSPS) is 12.6. The van der Waals surface area contributed by atoms with E-state index in [1.54, 1.807) is 23.1 Å². The number of Topliss-reactive ketones (excluding diaryl/α,β-unsaturated/α-hetero) is 1. The maximum absolute atomic E-state index is 13.1. The molecular formula is C31H31N3O3S2. The molecule has 0 saturated heterocycles. The molecule has 0 unspecified atom stereocenters. The molecule has 8 heteroatoms. The summed E-state index contributed by atoms with van der Waals surface area (Å²) in [5.74, 6) is 0.778. The van der Waals surface area contributed by atoms with Crippen LogP contribution in [0.3, 0.4) is 0 Å². The minimum atomic E-state index is -0.153. The Bertz CT molecular complexity index is 1500. The molecule has 1 aliphatic rings. The molecule has 1 aromatic heterocycles. The molecule has 0 atom stereocenters. The number of benzene rings is 3. The monoisotopic (exact) mass is 557 g/mol. The summed E-state index contributed by atoms with van der Waals surface area (Å²) >= 11 is 3.15. The highest BCUT2D eigenvalue weighted by atomic mass is 32.2. The average molecular weight is 558 g/mol. The van der Waals surface area contributed by atoms with Crippen LogP contribution in [-0.2, 0) is 13.0 Å². The fourth-order valence-electron chi connectivity index (χ4n) is 4.50. The highest BCUT2D eigenvalue weighted by Gasteiger charge is 2.24. The van der Waals surface area contributed by atoms with E-state index in [0.29, 0.717) is 25.1 Å². The first-order valence-electron chi connectivity index (χ1n) is 12.9. The van der Waals surface area contributed by atoms with Crippen molar-refractivity contribution in [2.24, 2.45) is 0 Å². The molecule has 0 aliphatic carbocycles. The zero-order valence-corrected chi connectivity index (χ0v) is 24.0. The molecule has 39 heavy (non-hydrogen) atoms.